The van der Waals surface area contributed by atoms with E-state index < -0.39 is 31.9 Å². The predicted molar refractivity (Wildman–Crippen MR) is 89.6 cm³/mol. The standard InChI is InChI=1S/C13H16N4O6S2/c14-6-7-16-24(20,21)10-3-1-9(2-4-10)11-5-8-17(25(15,22)23)12(11)13(18)19/h1-5,8,16H,6-7,14H2,(H,18,19)(H2,15,22,23). The van der Waals surface area contributed by atoms with E-state index in [1.165, 1.54) is 30.3 Å². The molecule has 2 rings (SSSR count). The Balaban J connectivity index is 2.48. The van der Waals surface area contributed by atoms with Gasteiger partial charge in [0.1, 0.15) is 0 Å². The fraction of sp³-hybridized carbons (Fsp3) is 0.154. The first-order valence-electron chi connectivity index (χ1n) is 6.86. The normalized spacial score (nSPS) is 12.2. The summed E-state index contributed by atoms with van der Waals surface area (Å²) in [7, 11) is -8.02. The molecule has 0 aliphatic rings. The summed E-state index contributed by atoms with van der Waals surface area (Å²) in [5.41, 5.74) is 5.11. The molecule has 1 aromatic heterocycles. The van der Waals surface area contributed by atoms with Gasteiger partial charge < -0.3 is 10.8 Å². The Bertz CT molecular complexity index is 994. The van der Waals surface area contributed by atoms with Crippen molar-refractivity contribution in [3.63, 3.8) is 0 Å². The average Bonchev–Trinajstić information content (AvgIpc) is 2.98. The lowest BCUT2D eigenvalue weighted by Gasteiger charge is -2.08. The number of aromatic nitrogens is 1. The summed E-state index contributed by atoms with van der Waals surface area (Å²) >= 11 is 0. The van der Waals surface area contributed by atoms with Crippen LogP contribution in [0.4, 0.5) is 0 Å². The monoisotopic (exact) mass is 388 g/mol. The molecule has 2 aromatic rings. The highest BCUT2D eigenvalue weighted by Crippen LogP contribution is 2.27. The summed E-state index contributed by atoms with van der Waals surface area (Å²) < 4.78 is 49.6. The average molecular weight is 388 g/mol. The van der Waals surface area contributed by atoms with Crippen LogP contribution in [0, 0.1) is 0 Å². The second-order valence-corrected chi connectivity index (χ2v) is 8.13. The minimum atomic E-state index is -4.29. The van der Waals surface area contributed by atoms with Crippen molar-refractivity contribution in [2.24, 2.45) is 10.9 Å². The van der Waals surface area contributed by atoms with Gasteiger partial charge in [-0.2, -0.15) is 8.42 Å². The maximum atomic E-state index is 12.0. The van der Waals surface area contributed by atoms with Crippen molar-refractivity contribution < 1.29 is 26.7 Å². The van der Waals surface area contributed by atoms with Gasteiger partial charge in [-0.25, -0.2) is 27.0 Å². The molecule has 0 radical (unpaired) electrons. The van der Waals surface area contributed by atoms with Crippen LogP contribution in [0.3, 0.4) is 0 Å². The number of nitrogens with one attached hydrogen (secondary N) is 1. The quantitative estimate of drug-likeness (QED) is 0.477. The van der Waals surface area contributed by atoms with Gasteiger partial charge in [-0.15, -0.1) is 0 Å². The number of hydrogen-bond donors (Lipinski definition) is 4. The molecule has 0 spiro atoms. The summed E-state index contributed by atoms with van der Waals surface area (Å²) in [5, 5.41) is 14.3. The van der Waals surface area contributed by atoms with E-state index >= 15 is 0 Å². The van der Waals surface area contributed by atoms with Crippen molar-refractivity contribution in [1.29, 1.82) is 0 Å². The molecule has 0 unspecified atom stereocenters. The van der Waals surface area contributed by atoms with Crippen LogP contribution < -0.4 is 15.6 Å². The largest absolute Gasteiger partial charge is 0.477 e. The summed E-state index contributed by atoms with van der Waals surface area (Å²) in [6.07, 6.45) is 1.02. The van der Waals surface area contributed by atoms with Gasteiger partial charge in [-0.1, -0.05) is 12.1 Å². The Morgan fingerprint density at radius 1 is 1.12 bits per heavy atom. The van der Waals surface area contributed by atoms with Crippen LogP contribution in [0.1, 0.15) is 10.5 Å². The lowest BCUT2D eigenvalue weighted by Crippen LogP contribution is -2.29. The van der Waals surface area contributed by atoms with E-state index in [4.69, 9.17) is 10.9 Å². The molecular weight excluding hydrogens is 372 g/mol. The molecule has 136 valence electrons. The zero-order chi connectivity index (χ0) is 18.8. The van der Waals surface area contributed by atoms with Crippen LogP contribution in [-0.4, -0.2) is 45.0 Å². The number of rotatable bonds is 7. The number of benzene rings is 1. The molecule has 0 saturated heterocycles. The van der Waals surface area contributed by atoms with Crippen LogP contribution in [0.5, 0.6) is 0 Å². The number of nitrogens with two attached hydrogens (primary N) is 2. The first-order chi connectivity index (χ1) is 11.6. The molecule has 1 heterocycles. The van der Waals surface area contributed by atoms with Gasteiger partial charge in [0.05, 0.1) is 4.90 Å². The summed E-state index contributed by atoms with van der Waals surface area (Å²) in [6.45, 7) is 0.213. The van der Waals surface area contributed by atoms with Crippen molar-refractivity contribution >= 4 is 26.2 Å². The number of aromatic carboxylic acids is 1. The molecule has 0 aliphatic carbocycles. The summed E-state index contributed by atoms with van der Waals surface area (Å²) in [4.78, 5) is 11.4. The van der Waals surface area contributed by atoms with Gasteiger partial charge in [-0.3, -0.25) is 0 Å². The summed E-state index contributed by atoms with van der Waals surface area (Å²) in [5.74, 6) is -1.49. The van der Waals surface area contributed by atoms with Crippen LogP contribution in [-0.2, 0) is 20.2 Å². The minimum absolute atomic E-state index is 0.0348. The van der Waals surface area contributed by atoms with Crippen molar-refractivity contribution in [3.05, 3.63) is 42.2 Å². The fourth-order valence-electron chi connectivity index (χ4n) is 2.16. The van der Waals surface area contributed by atoms with Crippen molar-refractivity contribution in [1.82, 2.24) is 8.69 Å². The van der Waals surface area contributed by atoms with Crippen LogP contribution >= 0.6 is 0 Å². The maximum absolute atomic E-state index is 12.0. The molecule has 0 atom stereocenters. The zero-order valence-corrected chi connectivity index (χ0v) is 14.4. The molecule has 6 N–H and O–H groups in total. The Morgan fingerprint density at radius 3 is 2.20 bits per heavy atom. The minimum Gasteiger partial charge on any atom is -0.477 e. The third-order valence-electron chi connectivity index (χ3n) is 3.24. The lowest BCUT2D eigenvalue weighted by molar-refractivity contribution is 0.0690. The van der Waals surface area contributed by atoms with Gasteiger partial charge in [0.15, 0.2) is 5.69 Å². The van der Waals surface area contributed by atoms with Gasteiger partial charge >= 0.3 is 16.2 Å². The molecule has 25 heavy (non-hydrogen) atoms. The third-order valence-corrected chi connectivity index (χ3v) is 5.57. The number of carbonyl (C=O) groups is 1. The molecule has 12 heteroatoms. The van der Waals surface area contributed by atoms with Crippen molar-refractivity contribution in [3.8, 4) is 11.1 Å². The zero-order valence-electron chi connectivity index (χ0n) is 12.8. The smallest absolute Gasteiger partial charge is 0.354 e. The highest BCUT2D eigenvalue weighted by molar-refractivity contribution is 7.89. The van der Waals surface area contributed by atoms with Crippen LogP contribution in [0.15, 0.2) is 41.4 Å². The number of carboxylic acid groups (broad SMARTS) is 1. The molecule has 0 saturated carbocycles. The topological polar surface area (TPSA) is 175 Å². The number of nitrogens with zero attached hydrogens (tertiary/aromatic N) is 1. The van der Waals surface area contributed by atoms with Gasteiger partial charge in [-0.05, 0) is 23.8 Å². The number of sulfonamides is 1. The second-order valence-electron chi connectivity index (χ2n) is 4.93. The second kappa shape index (κ2) is 6.93. The molecule has 0 fully saturated rings. The number of hydrogen-bond acceptors (Lipinski definition) is 6. The highest BCUT2D eigenvalue weighted by Gasteiger charge is 2.23. The van der Waals surface area contributed by atoms with Gasteiger partial charge in [0, 0.05) is 24.8 Å². The molecule has 0 amide bonds. The van der Waals surface area contributed by atoms with Gasteiger partial charge in [0.25, 0.3) is 0 Å². The molecule has 10 nitrogen and oxygen atoms in total. The third kappa shape index (κ3) is 4.05. The summed E-state index contributed by atoms with van der Waals surface area (Å²) in [6, 6.07) is 6.55. The first kappa shape index (κ1) is 19.1. The van der Waals surface area contributed by atoms with Crippen molar-refractivity contribution in [2.45, 2.75) is 4.90 Å². The maximum Gasteiger partial charge on any atom is 0.354 e. The Kier molecular flexibility index (Phi) is 5.29. The predicted octanol–water partition coefficient (Wildman–Crippen LogP) is -0.858. The fourth-order valence-corrected chi connectivity index (χ4v) is 3.87. The van der Waals surface area contributed by atoms with E-state index in [1.54, 1.807) is 0 Å². The first-order valence-corrected chi connectivity index (χ1v) is 9.84. The van der Waals surface area contributed by atoms with E-state index in [2.05, 4.69) is 4.72 Å². The van der Waals surface area contributed by atoms with Crippen molar-refractivity contribution in [2.75, 3.05) is 13.1 Å². The Hall–Kier alpha value is -2.25. The van der Waals surface area contributed by atoms with E-state index in [0.29, 0.717) is 9.54 Å². The van der Waals surface area contributed by atoms with E-state index in [-0.39, 0.29) is 23.5 Å². The molecular formula is C13H16N4O6S2. The van der Waals surface area contributed by atoms with Gasteiger partial charge in [0.2, 0.25) is 10.0 Å². The van der Waals surface area contributed by atoms with Crippen LogP contribution in [0.25, 0.3) is 11.1 Å². The lowest BCUT2D eigenvalue weighted by atomic mass is 10.1. The van der Waals surface area contributed by atoms with E-state index in [1.807, 2.05) is 0 Å². The molecule has 0 aliphatic heterocycles. The Labute approximate surface area is 144 Å². The Morgan fingerprint density at radius 2 is 1.72 bits per heavy atom. The van der Waals surface area contributed by atoms with E-state index in [0.717, 1.165) is 6.20 Å². The number of carboxylic acids is 1. The molecule has 0 bridgehead atoms. The van der Waals surface area contributed by atoms with Crippen LogP contribution in [0.2, 0.25) is 0 Å². The molecule has 1 aromatic carbocycles. The highest BCUT2D eigenvalue weighted by atomic mass is 32.2. The SMILES string of the molecule is NCCNS(=O)(=O)c1ccc(-c2ccn(S(N)(=O)=O)c2C(=O)O)cc1. The van der Waals surface area contributed by atoms with E-state index in [9.17, 15) is 26.7 Å².